The Morgan fingerprint density at radius 3 is 2.62 bits per heavy atom. The number of halogens is 3. The number of methoxy groups -OCH3 is 1. The molecule has 0 aliphatic carbocycles. The van der Waals surface area contributed by atoms with E-state index in [1.165, 1.54) is 7.11 Å². The molecular weight excluding hydrogens is 325 g/mol. The highest BCUT2D eigenvalue weighted by Gasteiger charge is 2.34. The van der Waals surface area contributed by atoms with Crippen LogP contribution >= 0.6 is 0 Å². The fourth-order valence-electron chi connectivity index (χ4n) is 1.84. The van der Waals surface area contributed by atoms with Gasteiger partial charge in [-0.15, -0.1) is 0 Å². The zero-order chi connectivity index (χ0) is 17.7. The molecule has 0 amide bonds. The first-order valence-electron chi connectivity index (χ1n) is 7.06. The predicted molar refractivity (Wildman–Crippen MR) is 83.5 cm³/mol. The van der Waals surface area contributed by atoms with Gasteiger partial charge in [-0.25, -0.2) is 4.98 Å². The van der Waals surface area contributed by atoms with Crippen molar-refractivity contribution in [2.75, 3.05) is 24.4 Å². The van der Waals surface area contributed by atoms with E-state index in [0.717, 1.165) is 6.07 Å². The quantitative estimate of drug-likeness (QED) is 0.749. The lowest BCUT2D eigenvalue weighted by Crippen LogP contribution is -2.22. The average molecular weight is 342 g/mol. The van der Waals surface area contributed by atoms with Crippen molar-refractivity contribution in [3.05, 3.63) is 36.0 Å². The number of hydrogen-bond acceptors (Lipinski definition) is 6. The van der Waals surface area contributed by atoms with Crippen LogP contribution in [0, 0.1) is 0 Å². The number of anilines is 3. The number of alkyl halides is 3. The van der Waals surface area contributed by atoms with Gasteiger partial charge in [-0.3, -0.25) is 0 Å². The number of nitrogens with zero attached hydrogens (tertiary/aromatic N) is 2. The van der Waals surface area contributed by atoms with Crippen LogP contribution in [0.25, 0.3) is 0 Å². The van der Waals surface area contributed by atoms with Crippen molar-refractivity contribution in [2.45, 2.75) is 19.1 Å². The van der Waals surface area contributed by atoms with Crippen LogP contribution in [-0.4, -0.2) is 34.8 Å². The first-order chi connectivity index (χ1) is 11.3. The summed E-state index contributed by atoms with van der Waals surface area (Å²) in [6.07, 6.45) is -4.62. The lowest BCUT2D eigenvalue weighted by Gasteiger charge is -2.15. The normalized spacial score (nSPS) is 12.6. The van der Waals surface area contributed by atoms with E-state index in [0.29, 0.717) is 11.4 Å². The third-order valence-corrected chi connectivity index (χ3v) is 3.01. The fraction of sp³-hybridized carbons (Fsp3) is 0.333. The number of aromatic nitrogens is 2. The molecule has 0 saturated carbocycles. The first kappa shape index (κ1) is 17.8. The molecule has 1 aromatic heterocycles. The zero-order valence-corrected chi connectivity index (χ0v) is 13.1. The summed E-state index contributed by atoms with van der Waals surface area (Å²) in [5.41, 5.74) is -0.571. The molecule has 0 aliphatic rings. The summed E-state index contributed by atoms with van der Waals surface area (Å²) in [4.78, 5) is 7.45. The van der Waals surface area contributed by atoms with Crippen LogP contribution in [-0.2, 0) is 6.18 Å². The lowest BCUT2D eigenvalue weighted by molar-refractivity contribution is -0.141. The van der Waals surface area contributed by atoms with Crippen molar-refractivity contribution in [2.24, 2.45) is 0 Å². The third-order valence-electron chi connectivity index (χ3n) is 3.01. The molecule has 0 spiro atoms. The Morgan fingerprint density at radius 2 is 2.00 bits per heavy atom. The molecule has 2 rings (SSSR count). The van der Waals surface area contributed by atoms with E-state index >= 15 is 0 Å². The molecule has 9 heteroatoms. The van der Waals surface area contributed by atoms with Crippen molar-refractivity contribution in [1.29, 1.82) is 0 Å². The van der Waals surface area contributed by atoms with Crippen LogP contribution in [0.3, 0.4) is 0 Å². The van der Waals surface area contributed by atoms with Crippen molar-refractivity contribution in [3.8, 4) is 5.75 Å². The molecule has 1 heterocycles. The van der Waals surface area contributed by atoms with Crippen LogP contribution in [0.4, 0.5) is 30.6 Å². The summed E-state index contributed by atoms with van der Waals surface area (Å²) in [5, 5.41) is 14.4. The number of hydrogen-bond donors (Lipinski definition) is 3. The maximum atomic E-state index is 13.0. The van der Waals surface area contributed by atoms with Gasteiger partial charge < -0.3 is 20.5 Å². The molecule has 1 atom stereocenters. The third kappa shape index (κ3) is 4.72. The summed E-state index contributed by atoms with van der Waals surface area (Å²) < 4.78 is 44.1. The van der Waals surface area contributed by atoms with Crippen LogP contribution in [0.5, 0.6) is 5.75 Å². The minimum atomic E-state index is -4.62. The van der Waals surface area contributed by atoms with E-state index in [4.69, 9.17) is 9.84 Å². The number of benzene rings is 1. The van der Waals surface area contributed by atoms with E-state index in [1.807, 2.05) is 0 Å². The Balaban J connectivity index is 2.34. The van der Waals surface area contributed by atoms with E-state index in [1.54, 1.807) is 31.2 Å². The molecule has 0 fully saturated rings. The largest absolute Gasteiger partial charge is 0.497 e. The van der Waals surface area contributed by atoms with Gasteiger partial charge in [0.15, 0.2) is 5.69 Å². The highest BCUT2D eigenvalue weighted by Crippen LogP contribution is 2.31. The minimum Gasteiger partial charge on any atom is -0.497 e. The summed E-state index contributed by atoms with van der Waals surface area (Å²) in [7, 11) is 1.49. The molecule has 2 aromatic rings. The monoisotopic (exact) mass is 342 g/mol. The highest BCUT2D eigenvalue weighted by molar-refractivity contribution is 5.59. The second kappa shape index (κ2) is 7.35. The molecule has 0 aliphatic heterocycles. The standard InChI is InChI=1S/C15H17F3N4O2/c1-9(8-23)19-14-21-12(15(16,17)18)7-13(22-14)20-10-4-3-5-11(6-10)24-2/h3-7,9,23H,8H2,1-2H3,(H2,19,20,21,22)/t9-/m0/s1. The Morgan fingerprint density at radius 1 is 1.25 bits per heavy atom. The average Bonchev–Trinajstić information content (AvgIpc) is 2.53. The predicted octanol–water partition coefficient (Wildman–Crippen LogP) is 3.04. The van der Waals surface area contributed by atoms with E-state index < -0.39 is 17.9 Å². The SMILES string of the molecule is COc1cccc(Nc2cc(C(F)(F)F)nc(N[C@@H](C)CO)n2)c1. The first-order valence-corrected chi connectivity index (χ1v) is 7.06. The van der Waals surface area contributed by atoms with Crippen LogP contribution in [0.2, 0.25) is 0 Å². The summed E-state index contributed by atoms with van der Waals surface area (Å²) in [6, 6.07) is 7.02. The van der Waals surface area contributed by atoms with Gasteiger partial charge >= 0.3 is 6.18 Å². The van der Waals surface area contributed by atoms with Gasteiger partial charge in [0, 0.05) is 23.9 Å². The zero-order valence-electron chi connectivity index (χ0n) is 13.1. The molecule has 1 aromatic carbocycles. The topological polar surface area (TPSA) is 79.3 Å². The second-order valence-electron chi connectivity index (χ2n) is 5.04. The number of aliphatic hydroxyl groups is 1. The molecule has 130 valence electrons. The maximum absolute atomic E-state index is 13.0. The molecule has 0 radical (unpaired) electrons. The van der Waals surface area contributed by atoms with Gasteiger partial charge in [0.1, 0.15) is 11.6 Å². The van der Waals surface area contributed by atoms with E-state index in [2.05, 4.69) is 20.6 Å². The van der Waals surface area contributed by atoms with Crippen molar-refractivity contribution < 1.29 is 23.0 Å². The molecule has 3 N–H and O–H groups in total. The van der Waals surface area contributed by atoms with Crippen LogP contribution in [0.15, 0.2) is 30.3 Å². The van der Waals surface area contributed by atoms with Crippen molar-refractivity contribution >= 4 is 17.5 Å². The van der Waals surface area contributed by atoms with Gasteiger partial charge in [0.05, 0.1) is 13.7 Å². The molecular formula is C15H17F3N4O2. The molecule has 0 saturated heterocycles. The van der Waals surface area contributed by atoms with E-state index in [9.17, 15) is 13.2 Å². The Bertz CT molecular complexity index is 695. The summed E-state index contributed by atoms with van der Waals surface area (Å²) in [6.45, 7) is 1.33. The molecule has 0 bridgehead atoms. The molecule has 0 unspecified atom stereocenters. The molecule has 6 nitrogen and oxygen atoms in total. The smallest absolute Gasteiger partial charge is 0.433 e. The fourth-order valence-corrected chi connectivity index (χ4v) is 1.84. The van der Waals surface area contributed by atoms with Crippen LogP contribution < -0.4 is 15.4 Å². The highest BCUT2D eigenvalue weighted by atomic mass is 19.4. The number of ether oxygens (including phenoxy) is 1. The van der Waals surface area contributed by atoms with E-state index in [-0.39, 0.29) is 18.4 Å². The Labute approximate surface area is 136 Å². The van der Waals surface area contributed by atoms with Gasteiger partial charge in [-0.1, -0.05) is 6.07 Å². The number of aliphatic hydroxyl groups excluding tert-OH is 1. The molecule has 24 heavy (non-hydrogen) atoms. The lowest BCUT2D eigenvalue weighted by atomic mass is 10.3. The number of nitrogens with one attached hydrogen (secondary N) is 2. The van der Waals surface area contributed by atoms with Gasteiger partial charge in [-0.2, -0.15) is 18.2 Å². The Hall–Kier alpha value is -2.55. The van der Waals surface area contributed by atoms with Gasteiger partial charge in [0.25, 0.3) is 0 Å². The Kier molecular flexibility index (Phi) is 5.45. The van der Waals surface area contributed by atoms with Crippen molar-refractivity contribution in [3.63, 3.8) is 0 Å². The van der Waals surface area contributed by atoms with Gasteiger partial charge in [-0.05, 0) is 19.1 Å². The van der Waals surface area contributed by atoms with Crippen molar-refractivity contribution in [1.82, 2.24) is 9.97 Å². The summed E-state index contributed by atoms with van der Waals surface area (Å²) in [5.74, 6) is 0.298. The number of rotatable bonds is 6. The summed E-state index contributed by atoms with van der Waals surface area (Å²) >= 11 is 0. The van der Waals surface area contributed by atoms with Gasteiger partial charge in [0.2, 0.25) is 5.95 Å². The second-order valence-corrected chi connectivity index (χ2v) is 5.04. The minimum absolute atomic E-state index is 0.0294. The van der Waals surface area contributed by atoms with Crippen LogP contribution in [0.1, 0.15) is 12.6 Å². The maximum Gasteiger partial charge on any atom is 0.433 e.